The number of nitrogens with two attached hydrogens (primary N) is 1. The van der Waals surface area contributed by atoms with Crippen LogP contribution in [0.1, 0.15) is 17.3 Å². The molecule has 1 aromatic carbocycles. The van der Waals surface area contributed by atoms with Gasteiger partial charge in [-0.1, -0.05) is 11.6 Å². The van der Waals surface area contributed by atoms with Crippen molar-refractivity contribution >= 4 is 23.1 Å². The number of ketones is 1. The highest BCUT2D eigenvalue weighted by Crippen LogP contribution is 2.21. The van der Waals surface area contributed by atoms with E-state index in [0.29, 0.717) is 23.6 Å². The molecular weight excluding hydrogens is 214 g/mol. The van der Waals surface area contributed by atoms with Crippen LogP contribution in [0.3, 0.4) is 0 Å². The molecule has 80 valence electrons. The Bertz CT molecular complexity index is 388. The molecule has 0 saturated heterocycles. The molecule has 0 amide bonds. The third-order valence-corrected chi connectivity index (χ3v) is 1.99. The standard InChI is InChI=1S/C11H12ClNO2/c1-8(14)10-7-9(13)3-4-11(10)15-6-2-5-12/h2-5,7H,6,13H2,1H3/b5-2+. The van der Waals surface area contributed by atoms with E-state index < -0.39 is 0 Å². The smallest absolute Gasteiger partial charge is 0.163 e. The molecule has 0 atom stereocenters. The highest BCUT2D eigenvalue weighted by atomic mass is 35.5. The SMILES string of the molecule is CC(=O)c1cc(N)ccc1OC/C=C/Cl. The van der Waals surface area contributed by atoms with E-state index in [-0.39, 0.29) is 5.78 Å². The second kappa shape index (κ2) is 5.41. The predicted molar refractivity (Wildman–Crippen MR) is 61.3 cm³/mol. The third-order valence-electron chi connectivity index (χ3n) is 1.81. The molecule has 4 heteroatoms. The maximum atomic E-state index is 11.3. The van der Waals surface area contributed by atoms with Crippen LogP contribution in [0.25, 0.3) is 0 Å². The summed E-state index contributed by atoms with van der Waals surface area (Å²) in [5.41, 5.74) is 7.97. The Balaban J connectivity index is 2.90. The summed E-state index contributed by atoms with van der Waals surface area (Å²) in [7, 11) is 0. The zero-order valence-electron chi connectivity index (χ0n) is 8.37. The molecule has 0 saturated carbocycles. The maximum Gasteiger partial charge on any atom is 0.163 e. The number of carbonyl (C=O) groups excluding carboxylic acids is 1. The van der Waals surface area contributed by atoms with E-state index >= 15 is 0 Å². The minimum absolute atomic E-state index is 0.0767. The maximum absolute atomic E-state index is 11.3. The Morgan fingerprint density at radius 1 is 1.60 bits per heavy atom. The zero-order valence-corrected chi connectivity index (χ0v) is 9.12. The van der Waals surface area contributed by atoms with Crippen molar-refractivity contribution in [3.05, 3.63) is 35.4 Å². The Morgan fingerprint density at radius 3 is 2.93 bits per heavy atom. The third kappa shape index (κ3) is 3.29. The minimum atomic E-state index is -0.0767. The van der Waals surface area contributed by atoms with Crippen molar-refractivity contribution in [2.45, 2.75) is 6.92 Å². The van der Waals surface area contributed by atoms with Crippen LogP contribution in [0.15, 0.2) is 29.8 Å². The summed E-state index contributed by atoms with van der Waals surface area (Å²) in [4.78, 5) is 11.3. The number of rotatable bonds is 4. The van der Waals surface area contributed by atoms with Gasteiger partial charge >= 0.3 is 0 Å². The number of Topliss-reactive ketones (excluding diaryl/α,β-unsaturated/α-hetero) is 1. The molecule has 2 N–H and O–H groups in total. The molecule has 1 rings (SSSR count). The van der Waals surface area contributed by atoms with Crippen molar-refractivity contribution in [1.29, 1.82) is 0 Å². The van der Waals surface area contributed by atoms with Gasteiger partial charge in [-0.25, -0.2) is 0 Å². The lowest BCUT2D eigenvalue weighted by atomic mass is 10.1. The summed E-state index contributed by atoms with van der Waals surface area (Å²) in [5, 5.41) is 0. The molecule has 0 spiro atoms. The second-order valence-electron chi connectivity index (χ2n) is 2.98. The van der Waals surface area contributed by atoms with Gasteiger partial charge in [-0.3, -0.25) is 4.79 Å². The van der Waals surface area contributed by atoms with E-state index in [0.717, 1.165) is 0 Å². The van der Waals surface area contributed by atoms with Gasteiger partial charge in [0, 0.05) is 11.2 Å². The van der Waals surface area contributed by atoms with E-state index in [1.165, 1.54) is 12.5 Å². The highest BCUT2D eigenvalue weighted by Gasteiger charge is 2.08. The average molecular weight is 226 g/mol. The first kappa shape index (κ1) is 11.6. The lowest BCUT2D eigenvalue weighted by molar-refractivity contribution is 0.101. The van der Waals surface area contributed by atoms with Gasteiger partial charge in [-0.05, 0) is 31.2 Å². The average Bonchev–Trinajstić information content (AvgIpc) is 2.20. The van der Waals surface area contributed by atoms with Gasteiger partial charge in [0.25, 0.3) is 0 Å². The lowest BCUT2D eigenvalue weighted by Gasteiger charge is -2.08. The molecule has 0 aliphatic heterocycles. The van der Waals surface area contributed by atoms with Gasteiger partial charge in [0.2, 0.25) is 0 Å². The topological polar surface area (TPSA) is 52.3 Å². The predicted octanol–water partition coefficient (Wildman–Crippen LogP) is 2.60. The minimum Gasteiger partial charge on any atom is -0.489 e. The second-order valence-corrected chi connectivity index (χ2v) is 3.24. The molecule has 15 heavy (non-hydrogen) atoms. The van der Waals surface area contributed by atoms with Gasteiger partial charge in [0.1, 0.15) is 12.4 Å². The fraction of sp³-hybridized carbons (Fsp3) is 0.182. The van der Waals surface area contributed by atoms with Crippen LogP contribution in [-0.2, 0) is 0 Å². The fourth-order valence-corrected chi connectivity index (χ4v) is 1.20. The summed E-state index contributed by atoms with van der Waals surface area (Å²) in [5.74, 6) is 0.443. The van der Waals surface area contributed by atoms with Crippen molar-refractivity contribution in [3.63, 3.8) is 0 Å². The van der Waals surface area contributed by atoms with E-state index in [4.69, 9.17) is 22.1 Å². The number of halogens is 1. The molecule has 0 aliphatic rings. The van der Waals surface area contributed by atoms with Crippen LogP contribution in [0, 0.1) is 0 Å². The largest absolute Gasteiger partial charge is 0.489 e. The monoisotopic (exact) mass is 225 g/mol. The molecule has 0 fully saturated rings. The van der Waals surface area contributed by atoms with Gasteiger partial charge in [-0.2, -0.15) is 0 Å². The fourth-order valence-electron chi connectivity index (χ4n) is 1.12. The first-order valence-corrected chi connectivity index (χ1v) is 4.87. The van der Waals surface area contributed by atoms with Crippen molar-refractivity contribution < 1.29 is 9.53 Å². The summed E-state index contributed by atoms with van der Waals surface area (Å²) in [6, 6.07) is 4.96. The van der Waals surface area contributed by atoms with E-state index in [2.05, 4.69) is 0 Å². The lowest BCUT2D eigenvalue weighted by Crippen LogP contribution is -2.02. The van der Waals surface area contributed by atoms with Gasteiger partial charge < -0.3 is 10.5 Å². The van der Waals surface area contributed by atoms with Crippen molar-refractivity contribution in [3.8, 4) is 5.75 Å². The summed E-state index contributed by atoms with van der Waals surface area (Å²) < 4.78 is 5.35. The van der Waals surface area contributed by atoms with Gasteiger partial charge in [0.05, 0.1) is 5.56 Å². The van der Waals surface area contributed by atoms with E-state index in [1.54, 1.807) is 24.3 Å². The van der Waals surface area contributed by atoms with Crippen molar-refractivity contribution in [2.24, 2.45) is 0 Å². The number of nitrogen functional groups attached to an aromatic ring is 1. The number of hydrogen-bond donors (Lipinski definition) is 1. The molecule has 0 heterocycles. The molecule has 0 bridgehead atoms. The number of carbonyl (C=O) groups is 1. The quantitative estimate of drug-likeness (QED) is 0.633. The Labute approximate surface area is 93.5 Å². The zero-order chi connectivity index (χ0) is 11.3. The molecule has 3 nitrogen and oxygen atoms in total. The van der Waals surface area contributed by atoms with Crippen LogP contribution in [0.5, 0.6) is 5.75 Å². The van der Waals surface area contributed by atoms with Crippen LogP contribution >= 0.6 is 11.6 Å². The van der Waals surface area contributed by atoms with E-state index in [9.17, 15) is 4.79 Å². The Morgan fingerprint density at radius 2 is 2.33 bits per heavy atom. The molecule has 0 aliphatic carbocycles. The molecule has 0 aromatic heterocycles. The number of hydrogen-bond acceptors (Lipinski definition) is 3. The Hall–Kier alpha value is -1.48. The molecule has 0 radical (unpaired) electrons. The Kier molecular flexibility index (Phi) is 4.18. The first-order chi connectivity index (χ1) is 7.15. The normalized spacial score (nSPS) is 10.5. The first-order valence-electron chi connectivity index (χ1n) is 4.43. The molecular formula is C11H12ClNO2. The molecule has 0 unspecified atom stereocenters. The van der Waals surface area contributed by atoms with Crippen LogP contribution in [-0.4, -0.2) is 12.4 Å². The summed E-state index contributed by atoms with van der Waals surface area (Å²) in [6.07, 6.45) is 1.64. The number of anilines is 1. The highest BCUT2D eigenvalue weighted by molar-refractivity contribution is 6.25. The summed E-state index contributed by atoms with van der Waals surface area (Å²) >= 11 is 5.35. The van der Waals surface area contributed by atoms with Crippen molar-refractivity contribution in [2.75, 3.05) is 12.3 Å². The van der Waals surface area contributed by atoms with Crippen LogP contribution in [0.2, 0.25) is 0 Å². The van der Waals surface area contributed by atoms with Crippen LogP contribution < -0.4 is 10.5 Å². The number of ether oxygens (including phenoxy) is 1. The summed E-state index contributed by atoms with van der Waals surface area (Å²) in [6.45, 7) is 1.80. The number of benzene rings is 1. The van der Waals surface area contributed by atoms with Crippen LogP contribution in [0.4, 0.5) is 5.69 Å². The van der Waals surface area contributed by atoms with E-state index in [1.807, 2.05) is 0 Å². The van der Waals surface area contributed by atoms with Crippen molar-refractivity contribution in [1.82, 2.24) is 0 Å². The van der Waals surface area contributed by atoms with Gasteiger partial charge in [-0.15, -0.1) is 0 Å². The van der Waals surface area contributed by atoms with Gasteiger partial charge in [0.15, 0.2) is 5.78 Å². The molecule has 1 aromatic rings.